The van der Waals surface area contributed by atoms with Gasteiger partial charge in [-0.05, 0) is 24.6 Å². The van der Waals surface area contributed by atoms with Gasteiger partial charge in [0, 0.05) is 12.4 Å². The SMILES string of the molecule is CCOc1ccccc1OCC(=O)NNC(=CCC(=O)[O-])c1ccccc1. The predicted molar refractivity (Wildman–Crippen MR) is 98.4 cm³/mol. The largest absolute Gasteiger partial charge is 0.550 e. The highest BCUT2D eigenvalue weighted by Gasteiger charge is 2.08. The number of benzene rings is 2. The molecule has 0 unspecified atom stereocenters. The molecule has 27 heavy (non-hydrogen) atoms. The summed E-state index contributed by atoms with van der Waals surface area (Å²) in [5, 5.41) is 10.7. The molecular formula is C20H21N2O5-. The number of carbonyl (C=O) groups excluding carboxylic acids is 2. The van der Waals surface area contributed by atoms with Gasteiger partial charge in [-0.1, -0.05) is 48.5 Å². The minimum absolute atomic E-state index is 0.236. The van der Waals surface area contributed by atoms with Gasteiger partial charge in [0.2, 0.25) is 0 Å². The van der Waals surface area contributed by atoms with Crippen molar-refractivity contribution < 1.29 is 24.2 Å². The van der Waals surface area contributed by atoms with Gasteiger partial charge in [-0.15, -0.1) is 0 Å². The quantitative estimate of drug-likeness (QED) is 0.612. The van der Waals surface area contributed by atoms with E-state index in [-0.39, 0.29) is 13.0 Å². The van der Waals surface area contributed by atoms with Gasteiger partial charge in [-0.25, -0.2) is 0 Å². The zero-order chi connectivity index (χ0) is 19.5. The van der Waals surface area contributed by atoms with E-state index in [1.165, 1.54) is 6.08 Å². The number of carboxylic acids is 1. The van der Waals surface area contributed by atoms with E-state index >= 15 is 0 Å². The van der Waals surface area contributed by atoms with Crippen LogP contribution in [0.2, 0.25) is 0 Å². The van der Waals surface area contributed by atoms with Crippen molar-refractivity contribution in [2.75, 3.05) is 13.2 Å². The average molecular weight is 369 g/mol. The summed E-state index contributed by atoms with van der Waals surface area (Å²) >= 11 is 0. The van der Waals surface area contributed by atoms with Crippen LogP contribution in [0.1, 0.15) is 18.9 Å². The topological polar surface area (TPSA) is 99.7 Å². The summed E-state index contributed by atoms with van der Waals surface area (Å²) in [7, 11) is 0. The molecule has 0 aromatic heterocycles. The molecule has 0 aliphatic heterocycles. The molecule has 7 nitrogen and oxygen atoms in total. The number of hydrazine groups is 1. The average Bonchev–Trinajstić information content (AvgIpc) is 2.68. The zero-order valence-corrected chi connectivity index (χ0v) is 14.9. The first kappa shape index (κ1) is 19.8. The fraction of sp³-hybridized carbons (Fsp3) is 0.200. The third-order valence-electron chi connectivity index (χ3n) is 3.40. The lowest BCUT2D eigenvalue weighted by molar-refractivity contribution is -0.304. The Morgan fingerprint density at radius 3 is 2.22 bits per heavy atom. The molecule has 2 rings (SSSR count). The molecule has 0 bridgehead atoms. The van der Waals surface area contributed by atoms with E-state index in [0.717, 1.165) is 5.56 Å². The maximum absolute atomic E-state index is 12.1. The van der Waals surface area contributed by atoms with E-state index in [1.54, 1.807) is 42.5 Å². The highest BCUT2D eigenvalue weighted by Crippen LogP contribution is 2.26. The first-order valence-corrected chi connectivity index (χ1v) is 8.45. The smallest absolute Gasteiger partial charge is 0.276 e. The van der Waals surface area contributed by atoms with Gasteiger partial charge in [-0.3, -0.25) is 15.6 Å². The lowest BCUT2D eigenvalue weighted by Crippen LogP contribution is -2.39. The molecule has 0 spiro atoms. The van der Waals surface area contributed by atoms with Crippen LogP contribution in [0.5, 0.6) is 11.5 Å². The minimum atomic E-state index is -1.22. The van der Waals surface area contributed by atoms with Crippen molar-refractivity contribution in [2.24, 2.45) is 0 Å². The number of carboxylic acid groups (broad SMARTS) is 1. The van der Waals surface area contributed by atoms with Crippen LogP contribution in [0, 0.1) is 0 Å². The molecular weight excluding hydrogens is 348 g/mol. The highest BCUT2D eigenvalue weighted by atomic mass is 16.5. The molecule has 2 aromatic rings. The summed E-state index contributed by atoms with van der Waals surface area (Å²) in [5.74, 6) is -0.631. The van der Waals surface area contributed by atoms with Crippen LogP contribution in [0.4, 0.5) is 0 Å². The van der Waals surface area contributed by atoms with Crippen molar-refractivity contribution in [3.63, 3.8) is 0 Å². The van der Waals surface area contributed by atoms with Crippen LogP contribution in [-0.4, -0.2) is 25.1 Å². The van der Waals surface area contributed by atoms with Gasteiger partial charge in [0.25, 0.3) is 5.91 Å². The van der Waals surface area contributed by atoms with Crippen LogP contribution >= 0.6 is 0 Å². The lowest BCUT2D eigenvalue weighted by Gasteiger charge is -2.14. The standard InChI is InChI=1S/C20H22N2O5/c1-2-26-17-10-6-7-11-18(17)27-14-19(23)22-21-16(12-13-20(24)25)15-8-4-3-5-9-15/h3-12,21H,2,13-14H2,1H3,(H,22,23)(H,24,25)/p-1. The molecule has 7 heteroatoms. The van der Waals surface area contributed by atoms with Gasteiger partial charge < -0.3 is 19.4 Å². The Morgan fingerprint density at radius 2 is 1.59 bits per heavy atom. The second-order valence-electron chi connectivity index (χ2n) is 5.40. The summed E-state index contributed by atoms with van der Waals surface area (Å²) < 4.78 is 10.9. The number of nitrogens with one attached hydrogen (secondary N) is 2. The number of hydrogen-bond donors (Lipinski definition) is 2. The van der Waals surface area contributed by atoms with Crippen LogP contribution in [0.25, 0.3) is 5.70 Å². The monoisotopic (exact) mass is 369 g/mol. The molecule has 0 fully saturated rings. The molecule has 0 aliphatic rings. The van der Waals surface area contributed by atoms with Gasteiger partial charge >= 0.3 is 0 Å². The third-order valence-corrected chi connectivity index (χ3v) is 3.40. The summed E-state index contributed by atoms with van der Waals surface area (Å²) in [6, 6.07) is 16.1. The van der Waals surface area contributed by atoms with E-state index in [2.05, 4.69) is 10.9 Å². The van der Waals surface area contributed by atoms with Crippen LogP contribution < -0.4 is 25.4 Å². The normalized spacial score (nSPS) is 10.8. The van der Waals surface area contributed by atoms with Crippen molar-refractivity contribution in [3.8, 4) is 11.5 Å². The van der Waals surface area contributed by atoms with E-state index in [0.29, 0.717) is 23.8 Å². The Morgan fingerprint density at radius 1 is 0.963 bits per heavy atom. The minimum Gasteiger partial charge on any atom is -0.550 e. The first-order valence-electron chi connectivity index (χ1n) is 8.45. The molecule has 142 valence electrons. The number of para-hydroxylation sites is 2. The van der Waals surface area contributed by atoms with Crippen LogP contribution in [0.15, 0.2) is 60.7 Å². The molecule has 0 heterocycles. The van der Waals surface area contributed by atoms with Crippen LogP contribution in [0.3, 0.4) is 0 Å². The molecule has 0 atom stereocenters. The van der Waals surface area contributed by atoms with Gasteiger partial charge in [-0.2, -0.15) is 0 Å². The van der Waals surface area contributed by atoms with Gasteiger partial charge in [0.05, 0.1) is 12.3 Å². The maximum atomic E-state index is 12.1. The number of aliphatic carboxylic acids is 1. The summed E-state index contributed by atoms with van der Waals surface area (Å²) in [4.78, 5) is 22.8. The Hall–Kier alpha value is -3.48. The molecule has 2 N–H and O–H groups in total. The number of amides is 1. The van der Waals surface area contributed by atoms with E-state index in [9.17, 15) is 14.7 Å². The fourth-order valence-electron chi connectivity index (χ4n) is 2.20. The molecule has 0 saturated carbocycles. The molecule has 0 radical (unpaired) electrons. The van der Waals surface area contributed by atoms with Crippen molar-refractivity contribution >= 4 is 17.6 Å². The summed E-state index contributed by atoms with van der Waals surface area (Å²) in [6.07, 6.45) is 1.14. The second-order valence-corrected chi connectivity index (χ2v) is 5.40. The van der Waals surface area contributed by atoms with E-state index < -0.39 is 11.9 Å². The summed E-state index contributed by atoms with van der Waals surface area (Å²) in [5.41, 5.74) is 6.39. The second kappa shape index (κ2) is 10.5. The third kappa shape index (κ3) is 6.74. The lowest BCUT2D eigenvalue weighted by atomic mass is 10.1. The van der Waals surface area contributed by atoms with Gasteiger partial charge in [0.1, 0.15) is 0 Å². The Labute approximate surface area is 157 Å². The number of hydrogen-bond acceptors (Lipinski definition) is 6. The number of rotatable bonds is 10. The van der Waals surface area contributed by atoms with Crippen molar-refractivity contribution in [2.45, 2.75) is 13.3 Å². The summed E-state index contributed by atoms with van der Waals surface area (Å²) in [6.45, 7) is 2.11. The van der Waals surface area contributed by atoms with Gasteiger partial charge in [0.15, 0.2) is 18.1 Å². The van der Waals surface area contributed by atoms with Crippen molar-refractivity contribution in [1.29, 1.82) is 0 Å². The fourth-order valence-corrected chi connectivity index (χ4v) is 2.20. The number of ether oxygens (including phenoxy) is 2. The first-order chi connectivity index (χ1) is 13.1. The van der Waals surface area contributed by atoms with Crippen LogP contribution in [-0.2, 0) is 9.59 Å². The predicted octanol–water partition coefficient (Wildman–Crippen LogP) is 1.27. The molecule has 0 aliphatic carbocycles. The van der Waals surface area contributed by atoms with E-state index in [4.69, 9.17) is 9.47 Å². The molecule has 0 saturated heterocycles. The highest BCUT2D eigenvalue weighted by molar-refractivity contribution is 5.79. The Bertz CT molecular complexity index is 790. The maximum Gasteiger partial charge on any atom is 0.276 e. The molecule has 1 amide bonds. The number of carbonyl (C=O) groups is 2. The Kier molecular flexibility index (Phi) is 7.71. The van der Waals surface area contributed by atoms with Crippen molar-refractivity contribution in [1.82, 2.24) is 10.9 Å². The van der Waals surface area contributed by atoms with E-state index in [1.807, 2.05) is 19.1 Å². The zero-order valence-electron chi connectivity index (χ0n) is 14.9. The molecule has 2 aromatic carbocycles. The van der Waals surface area contributed by atoms with Crippen molar-refractivity contribution in [3.05, 3.63) is 66.2 Å². The Balaban J connectivity index is 1.94.